The molecule has 35 heavy (non-hydrogen) atoms. The van der Waals surface area contributed by atoms with Gasteiger partial charge in [-0.05, 0) is 36.2 Å². The topological polar surface area (TPSA) is 131 Å². The molecule has 1 aromatic heterocycles. The highest BCUT2D eigenvalue weighted by molar-refractivity contribution is 7.92. The Morgan fingerprint density at radius 2 is 1.71 bits per heavy atom. The standard InChI is InChI=1S/C24H25N3O6S2/c1-3-33-24(30)19-14-20(17-9-5-4-6-10-17)34-23(19)26-22(29)15-25-21(28)13-16-8-7-11-18(12-16)27-35(2,31)32/h4-12,14,27H,3,13,15H2,1-2H3,(H,25,28)(H,26,29). The maximum absolute atomic E-state index is 12.5. The number of anilines is 2. The van der Waals surface area contributed by atoms with Crippen LogP contribution in [0.3, 0.4) is 0 Å². The lowest BCUT2D eigenvalue weighted by molar-refractivity contribution is -0.123. The van der Waals surface area contributed by atoms with Gasteiger partial charge in [-0.1, -0.05) is 42.5 Å². The highest BCUT2D eigenvalue weighted by Gasteiger charge is 2.20. The lowest BCUT2D eigenvalue weighted by Gasteiger charge is -2.09. The van der Waals surface area contributed by atoms with Gasteiger partial charge in [-0.3, -0.25) is 14.3 Å². The third-order valence-corrected chi connectivity index (χ3v) is 6.29. The second-order valence-electron chi connectivity index (χ2n) is 7.52. The van der Waals surface area contributed by atoms with Crippen molar-refractivity contribution >= 4 is 49.8 Å². The summed E-state index contributed by atoms with van der Waals surface area (Å²) in [6.45, 7) is 1.59. The molecule has 9 nitrogen and oxygen atoms in total. The fraction of sp³-hybridized carbons (Fsp3) is 0.208. The first-order valence-electron chi connectivity index (χ1n) is 10.6. The van der Waals surface area contributed by atoms with Gasteiger partial charge in [0.15, 0.2) is 0 Å². The molecule has 1 heterocycles. The predicted octanol–water partition coefficient (Wildman–Crippen LogP) is 3.26. The molecule has 0 aliphatic heterocycles. The van der Waals surface area contributed by atoms with Crippen molar-refractivity contribution in [2.24, 2.45) is 0 Å². The molecule has 3 rings (SSSR count). The first-order valence-corrected chi connectivity index (χ1v) is 13.3. The van der Waals surface area contributed by atoms with Gasteiger partial charge in [0.05, 0.1) is 31.4 Å². The van der Waals surface area contributed by atoms with Crippen molar-refractivity contribution in [3.63, 3.8) is 0 Å². The fourth-order valence-corrected chi connectivity index (χ4v) is 4.77. The Kier molecular flexibility index (Phi) is 8.61. The van der Waals surface area contributed by atoms with Crippen molar-refractivity contribution in [3.05, 3.63) is 71.8 Å². The third-order valence-electron chi connectivity index (χ3n) is 4.58. The van der Waals surface area contributed by atoms with Gasteiger partial charge in [0.2, 0.25) is 21.8 Å². The molecule has 2 amide bonds. The maximum Gasteiger partial charge on any atom is 0.341 e. The number of carbonyl (C=O) groups excluding carboxylic acids is 3. The van der Waals surface area contributed by atoms with Crippen molar-refractivity contribution in [3.8, 4) is 10.4 Å². The summed E-state index contributed by atoms with van der Waals surface area (Å²) < 4.78 is 30.2. The number of sulfonamides is 1. The number of thiophene rings is 1. The number of ether oxygens (including phenoxy) is 1. The number of amides is 2. The summed E-state index contributed by atoms with van der Waals surface area (Å²) in [5.74, 6) is -1.47. The molecule has 2 aromatic carbocycles. The van der Waals surface area contributed by atoms with E-state index < -0.39 is 27.8 Å². The number of benzene rings is 2. The Bertz CT molecular complexity index is 1320. The number of rotatable bonds is 10. The zero-order chi connectivity index (χ0) is 25.4. The first kappa shape index (κ1) is 25.9. The van der Waals surface area contributed by atoms with Gasteiger partial charge in [0, 0.05) is 10.6 Å². The van der Waals surface area contributed by atoms with Crippen LogP contribution in [0, 0.1) is 0 Å². The van der Waals surface area contributed by atoms with E-state index in [-0.39, 0.29) is 25.1 Å². The van der Waals surface area contributed by atoms with Gasteiger partial charge < -0.3 is 15.4 Å². The summed E-state index contributed by atoms with van der Waals surface area (Å²) in [6, 6.07) is 17.5. The number of carbonyl (C=O) groups is 3. The zero-order valence-electron chi connectivity index (χ0n) is 19.2. The lowest BCUT2D eigenvalue weighted by atomic mass is 10.1. The monoisotopic (exact) mass is 515 g/mol. The van der Waals surface area contributed by atoms with Crippen molar-refractivity contribution in [2.75, 3.05) is 29.4 Å². The third kappa shape index (κ3) is 7.94. The summed E-state index contributed by atoms with van der Waals surface area (Å²) in [4.78, 5) is 38.0. The van der Waals surface area contributed by atoms with Gasteiger partial charge in [0.1, 0.15) is 5.00 Å². The molecule has 0 unspecified atom stereocenters. The van der Waals surface area contributed by atoms with Gasteiger partial charge in [-0.15, -0.1) is 11.3 Å². The van der Waals surface area contributed by atoms with Crippen LogP contribution in [-0.4, -0.2) is 45.6 Å². The molecule has 0 atom stereocenters. The number of hydrogen-bond donors (Lipinski definition) is 3. The van der Waals surface area contributed by atoms with Crippen LogP contribution in [0.15, 0.2) is 60.7 Å². The van der Waals surface area contributed by atoms with E-state index in [0.717, 1.165) is 16.7 Å². The smallest absolute Gasteiger partial charge is 0.341 e. The highest BCUT2D eigenvalue weighted by Crippen LogP contribution is 2.35. The SMILES string of the molecule is CCOC(=O)c1cc(-c2ccccc2)sc1NC(=O)CNC(=O)Cc1cccc(NS(C)(=O)=O)c1. The Morgan fingerprint density at radius 3 is 2.40 bits per heavy atom. The molecule has 0 saturated heterocycles. The van der Waals surface area contributed by atoms with Crippen molar-refractivity contribution in [1.29, 1.82) is 0 Å². The molecule has 184 valence electrons. The summed E-state index contributed by atoms with van der Waals surface area (Å²) in [7, 11) is -3.44. The second-order valence-corrected chi connectivity index (χ2v) is 10.3. The Morgan fingerprint density at radius 1 is 0.971 bits per heavy atom. The van der Waals surface area contributed by atoms with Crippen LogP contribution in [-0.2, 0) is 30.8 Å². The number of hydrogen-bond acceptors (Lipinski definition) is 7. The van der Waals surface area contributed by atoms with Gasteiger partial charge in [-0.2, -0.15) is 0 Å². The quantitative estimate of drug-likeness (QED) is 0.355. The van der Waals surface area contributed by atoms with E-state index in [4.69, 9.17) is 4.74 Å². The summed E-state index contributed by atoms with van der Waals surface area (Å²) in [6.07, 6.45) is 0.993. The molecule has 3 N–H and O–H groups in total. The lowest BCUT2D eigenvalue weighted by Crippen LogP contribution is -2.33. The van der Waals surface area contributed by atoms with E-state index >= 15 is 0 Å². The average Bonchev–Trinajstić information content (AvgIpc) is 3.21. The van der Waals surface area contributed by atoms with Crippen LogP contribution in [0.1, 0.15) is 22.8 Å². The molecule has 0 saturated carbocycles. The van der Waals surface area contributed by atoms with E-state index in [1.165, 1.54) is 11.3 Å². The fourth-order valence-electron chi connectivity index (χ4n) is 3.15. The normalized spacial score (nSPS) is 10.9. The molecule has 0 bridgehead atoms. The van der Waals surface area contributed by atoms with Crippen molar-refractivity contribution in [1.82, 2.24) is 5.32 Å². The molecule has 0 radical (unpaired) electrons. The minimum absolute atomic E-state index is 0.0439. The van der Waals surface area contributed by atoms with E-state index in [9.17, 15) is 22.8 Å². The van der Waals surface area contributed by atoms with E-state index in [1.807, 2.05) is 30.3 Å². The summed E-state index contributed by atoms with van der Waals surface area (Å²) >= 11 is 1.24. The largest absolute Gasteiger partial charge is 0.462 e. The van der Waals surface area contributed by atoms with Crippen LogP contribution >= 0.6 is 11.3 Å². The summed E-state index contributed by atoms with van der Waals surface area (Å²) in [5, 5.41) is 5.55. The Hall–Kier alpha value is -3.70. The van der Waals surface area contributed by atoms with Crippen LogP contribution < -0.4 is 15.4 Å². The molecule has 0 aliphatic rings. The minimum atomic E-state index is -3.44. The predicted molar refractivity (Wildman–Crippen MR) is 136 cm³/mol. The summed E-state index contributed by atoms with van der Waals surface area (Å²) in [5.41, 5.74) is 2.05. The highest BCUT2D eigenvalue weighted by atomic mass is 32.2. The maximum atomic E-state index is 12.5. The molecule has 0 fully saturated rings. The molecule has 3 aromatic rings. The minimum Gasteiger partial charge on any atom is -0.462 e. The van der Waals surface area contributed by atoms with Crippen LogP contribution in [0.5, 0.6) is 0 Å². The van der Waals surface area contributed by atoms with Gasteiger partial charge in [0.25, 0.3) is 0 Å². The average molecular weight is 516 g/mol. The molecule has 0 spiro atoms. The molecule has 11 heteroatoms. The Balaban J connectivity index is 1.63. The van der Waals surface area contributed by atoms with E-state index in [1.54, 1.807) is 37.3 Å². The second kappa shape index (κ2) is 11.6. The van der Waals surface area contributed by atoms with Crippen LogP contribution in [0.4, 0.5) is 10.7 Å². The van der Waals surface area contributed by atoms with Gasteiger partial charge >= 0.3 is 5.97 Å². The Labute approximate surface area is 207 Å². The van der Waals surface area contributed by atoms with Crippen LogP contribution in [0.25, 0.3) is 10.4 Å². The van der Waals surface area contributed by atoms with Crippen molar-refractivity contribution < 1.29 is 27.5 Å². The number of esters is 1. The molecule has 0 aliphatic carbocycles. The number of nitrogens with one attached hydrogen (secondary N) is 3. The van der Waals surface area contributed by atoms with Crippen molar-refractivity contribution in [2.45, 2.75) is 13.3 Å². The molecular formula is C24H25N3O6S2. The van der Waals surface area contributed by atoms with Crippen LogP contribution in [0.2, 0.25) is 0 Å². The molecular weight excluding hydrogens is 490 g/mol. The first-order chi connectivity index (χ1) is 16.6. The van der Waals surface area contributed by atoms with Gasteiger partial charge in [-0.25, -0.2) is 13.2 Å². The van der Waals surface area contributed by atoms with E-state index in [2.05, 4.69) is 15.4 Å². The van der Waals surface area contributed by atoms with E-state index in [0.29, 0.717) is 16.3 Å². The zero-order valence-corrected chi connectivity index (χ0v) is 20.8.